The smallest absolute Gasteiger partial charge is 0.246 e. The molecule has 58 valence electrons. The first kappa shape index (κ1) is 7.67. The maximum atomic E-state index is 9.92. The summed E-state index contributed by atoms with van der Waals surface area (Å²) in [5.41, 5.74) is 2.25. The highest BCUT2D eigenvalue weighted by Gasteiger charge is 1.85. The third kappa shape index (κ3) is 2.76. The fourth-order valence-corrected chi connectivity index (χ4v) is 0.681. The Labute approximate surface area is 64.8 Å². The summed E-state index contributed by atoms with van der Waals surface area (Å²) in [6, 6.07) is 5.05. The topological polar surface area (TPSA) is 71.4 Å². The number of rotatable bonds is 2. The van der Waals surface area contributed by atoms with Gasteiger partial charge in [-0.1, -0.05) is 10.5 Å². The van der Waals surface area contributed by atoms with Gasteiger partial charge in [0.1, 0.15) is 5.82 Å². The van der Waals surface area contributed by atoms with Crippen molar-refractivity contribution in [3.63, 3.8) is 0 Å². The van der Waals surface area contributed by atoms with Gasteiger partial charge in [-0.2, -0.15) is 8.42 Å². The molecule has 1 rings (SSSR count). The van der Waals surface area contributed by atoms with Gasteiger partial charge >= 0.3 is 10.5 Å². The average molecular weight is 171 g/mol. The van der Waals surface area contributed by atoms with E-state index in [2.05, 4.69) is 14.9 Å². The fraction of sp³-hybridized carbons (Fsp3) is 0. The van der Waals surface area contributed by atoms with E-state index in [0.29, 0.717) is 5.82 Å². The molecular weight excluding hydrogens is 166 g/mol. The standard InChI is InChI=1S/C5H5N3O2S/c9-11(10)8-7-5-3-1-2-4-6-5/h1-4H,(H,6,7). The molecule has 0 amide bonds. The van der Waals surface area contributed by atoms with Crippen LogP contribution in [0.25, 0.3) is 0 Å². The van der Waals surface area contributed by atoms with Gasteiger partial charge in [-0.05, 0) is 12.1 Å². The maximum Gasteiger partial charge on any atom is 0.332 e. The molecular formula is C5H5N3O2S. The summed E-state index contributed by atoms with van der Waals surface area (Å²) in [6.45, 7) is 0. The molecule has 0 radical (unpaired) electrons. The van der Waals surface area contributed by atoms with E-state index in [1.165, 1.54) is 6.20 Å². The highest BCUT2D eigenvalue weighted by Crippen LogP contribution is 1.97. The van der Waals surface area contributed by atoms with Crippen LogP contribution in [-0.2, 0) is 10.5 Å². The summed E-state index contributed by atoms with van der Waals surface area (Å²) >= 11 is 0. The molecule has 0 atom stereocenters. The molecule has 0 aliphatic heterocycles. The molecule has 0 bridgehead atoms. The molecule has 0 aliphatic carbocycles. The first-order valence-corrected chi connectivity index (χ1v) is 3.79. The van der Waals surface area contributed by atoms with E-state index in [1.54, 1.807) is 18.2 Å². The lowest BCUT2D eigenvalue weighted by atomic mass is 10.5. The van der Waals surface area contributed by atoms with Crippen LogP contribution in [0, 0.1) is 0 Å². The third-order valence-electron chi connectivity index (χ3n) is 0.900. The molecule has 6 heteroatoms. The normalized spacial score (nSPS) is 8.73. The van der Waals surface area contributed by atoms with E-state index in [9.17, 15) is 8.42 Å². The van der Waals surface area contributed by atoms with Crippen LogP contribution in [0.1, 0.15) is 0 Å². The van der Waals surface area contributed by atoms with Crippen molar-refractivity contribution in [2.24, 2.45) is 4.47 Å². The van der Waals surface area contributed by atoms with Crippen LogP contribution in [-0.4, -0.2) is 13.4 Å². The molecule has 1 aromatic rings. The van der Waals surface area contributed by atoms with E-state index in [-0.39, 0.29) is 0 Å². The van der Waals surface area contributed by atoms with Gasteiger partial charge in [0.15, 0.2) is 0 Å². The lowest BCUT2D eigenvalue weighted by molar-refractivity contribution is 0.621. The van der Waals surface area contributed by atoms with Crippen molar-refractivity contribution in [1.82, 2.24) is 4.98 Å². The van der Waals surface area contributed by atoms with Crippen LogP contribution < -0.4 is 5.43 Å². The van der Waals surface area contributed by atoms with Gasteiger partial charge in [0, 0.05) is 6.20 Å². The van der Waals surface area contributed by atoms with Gasteiger partial charge in [-0.15, -0.1) is 0 Å². The van der Waals surface area contributed by atoms with E-state index in [4.69, 9.17) is 0 Å². The summed E-state index contributed by atoms with van der Waals surface area (Å²) in [4.78, 5) is 3.77. The summed E-state index contributed by atoms with van der Waals surface area (Å²) < 4.78 is 22.8. The number of nitrogens with zero attached hydrogens (tertiary/aromatic N) is 2. The Morgan fingerprint density at radius 1 is 1.45 bits per heavy atom. The molecule has 1 aromatic heterocycles. The SMILES string of the molecule is O=S(=O)=NNc1ccccn1. The second kappa shape index (κ2) is 3.67. The molecule has 1 heterocycles. The summed E-state index contributed by atoms with van der Waals surface area (Å²) in [5.74, 6) is 0.400. The highest BCUT2D eigenvalue weighted by molar-refractivity contribution is 7.61. The predicted octanol–water partition coefficient (Wildman–Crippen LogP) is 0.471. The number of hydrogen-bond acceptors (Lipinski definition) is 4. The van der Waals surface area contributed by atoms with Gasteiger partial charge in [0.2, 0.25) is 0 Å². The molecule has 5 nitrogen and oxygen atoms in total. The van der Waals surface area contributed by atoms with Gasteiger partial charge in [0.25, 0.3) is 0 Å². The van der Waals surface area contributed by atoms with Crippen molar-refractivity contribution in [2.75, 3.05) is 5.43 Å². The Hall–Kier alpha value is -1.43. The van der Waals surface area contributed by atoms with Crippen molar-refractivity contribution in [1.29, 1.82) is 0 Å². The zero-order valence-electron chi connectivity index (χ0n) is 5.43. The summed E-state index contributed by atoms with van der Waals surface area (Å²) in [5, 5.41) is 0. The minimum absolute atomic E-state index is 0.400. The minimum atomic E-state index is -2.44. The van der Waals surface area contributed by atoms with Crippen molar-refractivity contribution in [2.45, 2.75) is 0 Å². The first-order chi connectivity index (χ1) is 5.29. The van der Waals surface area contributed by atoms with Gasteiger partial charge in [-0.3, -0.25) is 0 Å². The Bertz CT molecular complexity index is 337. The lowest BCUT2D eigenvalue weighted by Gasteiger charge is -1.91. The van der Waals surface area contributed by atoms with Gasteiger partial charge < -0.3 is 0 Å². The summed E-state index contributed by atoms with van der Waals surface area (Å²) in [6.07, 6.45) is 1.53. The van der Waals surface area contributed by atoms with Crippen LogP contribution in [0.4, 0.5) is 5.82 Å². The highest BCUT2D eigenvalue weighted by atomic mass is 32.2. The number of pyridine rings is 1. The molecule has 0 unspecified atom stereocenters. The summed E-state index contributed by atoms with van der Waals surface area (Å²) in [7, 11) is -2.44. The van der Waals surface area contributed by atoms with Crippen molar-refractivity contribution in [3.05, 3.63) is 24.4 Å². The molecule has 0 saturated heterocycles. The van der Waals surface area contributed by atoms with Crippen LogP contribution in [0.5, 0.6) is 0 Å². The molecule has 1 N–H and O–H groups in total. The average Bonchev–Trinajstić information content (AvgIpc) is 2.03. The molecule has 11 heavy (non-hydrogen) atoms. The fourth-order valence-electron chi connectivity index (χ4n) is 0.513. The Kier molecular flexibility index (Phi) is 2.56. The Balaban J connectivity index is 2.74. The number of anilines is 1. The van der Waals surface area contributed by atoms with Crippen LogP contribution in [0.15, 0.2) is 28.9 Å². The molecule has 0 aromatic carbocycles. The zero-order chi connectivity index (χ0) is 8.10. The Morgan fingerprint density at radius 3 is 2.82 bits per heavy atom. The number of aromatic nitrogens is 1. The monoisotopic (exact) mass is 171 g/mol. The van der Waals surface area contributed by atoms with Gasteiger partial charge in [-0.25, -0.2) is 10.4 Å². The van der Waals surface area contributed by atoms with Crippen LogP contribution >= 0.6 is 0 Å². The van der Waals surface area contributed by atoms with Crippen LogP contribution in [0.3, 0.4) is 0 Å². The van der Waals surface area contributed by atoms with E-state index >= 15 is 0 Å². The van der Waals surface area contributed by atoms with E-state index in [0.717, 1.165) is 0 Å². The molecule has 0 aliphatic rings. The zero-order valence-corrected chi connectivity index (χ0v) is 6.25. The molecule has 0 fully saturated rings. The van der Waals surface area contributed by atoms with E-state index < -0.39 is 10.5 Å². The minimum Gasteiger partial charge on any atom is -0.246 e. The lowest BCUT2D eigenvalue weighted by Crippen LogP contribution is -1.88. The third-order valence-corrected chi connectivity index (χ3v) is 1.14. The largest absolute Gasteiger partial charge is 0.332 e. The van der Waals surface area contributed by atoms with Gasteiger partial charge in [0.05, 0.1) is 0 Å². The molecule has 0 spiro atoms. The van der Waals surface area contributed by atoms with Crippen molar-refractivity contribution >= 4 is 16.3 Å². The number of nitrogens with one attached hydrogen (secondary N) is 1. The molecule has 0 saturated carbocycles. The van der Waals surface area contributed by atoms with E-state index in [1.807, 2.05) is 0 Å². The number of hydrogen-bond donors (Lipinski definition) is 1. The van der Waals surface area contributed by atoms with Crippen molar-refractivity contribution in [3.8, 4) is 0 Å². The first-order valence-electron chi connectivity index (χ1n) is 2.76. The quantitative estimate of drug-likeness (QED) is 0.656. The predicted molar refractivity (Wildman–Crippen MR) is 39.2 cm³/mol. The Morgan fingerprint density at radius 2 is 2.27 bits per heavy atom. The second-order valence-corrected chi connectivity index (χ2v) is 2.25. The maximum absolute atomic E-state index is 9.92. The van der Waals surface area contributed by atoms with Crippen LogP contribution in [0.2, 0.25) is 0 Å². The van der Waals surface area contributed by atoms with Crippen molar-refractivity contribution < 1.29 is 8.42 Å². The second-order valence-electron chi connectivity index (χ2n) is 1.64.